The van der Waals surface area contributed by atoms with Gasteiger partial charge in [-0.25, -0.2) is 0 Å². The minimum absolute atomic E-state index is 0.0370. The predicted molar refractivity (Wildman–Crippen MR) is 106 cm³/mol. The number of carbonyl (C=O) groups is 1. The van der Waals surface area contributed by atoms with Crippen molar-refractivity contribution in [1.82, 2.24) is 29.5 Å². The fourth-order valence-electron chi connectivity index (χ4n) is 4.47. The molecule has 1 aromatic carbocycles. The second-order valence-corrected chi connectivity index (χ2v) is 7.83. The maximum atomic E-state index is 13.2. The van der Waals surface area contributed by atoms with Gasteiger partial charge in [0.15, 0.2) is 5.82 Å². The van der Waals surface area contributed by atoms with Gasteiger partial charge in [-0.1, -0.05) is 24.3 Å². The first kappa shape index (κ1) is 17.3. The van der Waals surface area contributed by atoms with E-state index in [1.54, 1.807) is 6.20 Å². The number of piperidine rings is 1. The summed E-state index contributed by atoms with van der Waals surface area (Å²) in [4.78, 5) is 21.8. The lowest BCUT2D eigenvalue weighted by Gasteiger charge is -2.32. The van der Waals surface area contributed by atoms with Crippen LogP contribution in [0, 0.1) is 0 Å². The molecule has 144 valence electrons. The first-order valence-corrected chi connectivity index (χ1v) is 9.94. The number of hydrogen-bond donors (Lipinski definition) is 0. The molecule has 4 heterocycles. The summed E-state index contributed by atoms with van der Waals surface area (Å²) in [7, 11) is 2.16. The normalized spacial score (nSPS) is 20.3. The van der Waals surface area contributed by atoms with Gasteiger partial charge >= 0.3 is 0 Å². The Morgan fingerprint density at radius 3 is 2.89 bits per heavy atom. The Morgan fingerprint density at radius 1 is 1.11 bits per heavy atom. The Morgan fingerprint density at radius 2 is 2.00 bits per heavy atom. The van der Waals surface area contributed by atoms with E-state index in [-0.39, 0.29) is 5.91 Å². The number of benzene rings is 1. The van der Waals surface area contributed by atoms with E-state index in [2.05, 4.69) is 31.7 Å². The zero-order valence-corrected chi connectivity index (χ0v) is 16.1. The first-order chi connectivity index (χ1) is 13.7. The highest BCUT2D eigenvalue weighted by atomic mass is 16.2. The summed E-state index contributed by atoms with van der Waals surface area (Å²) in [6.07, 6.45) is 4.06. The quantitative estimate of drug-likeness (QED) is 0.687. The van der Waals surface area contributed by atoms with E-state index >= 15 is 0 Å². The minimum atomic E-state index is -0.0370. The average Bonchev–Trinajstić information content (AvgIpc) is 3.16. The fourth-order valence-corrected chi connectivity index (χ4v) is 4.47. The van der Waals surface area contributed by atoms with Crippen molar-refractivity contribution in [1.29, 1.82) is 0 Å². The van der Waals surface area contributed by atoms with Crippen LogP contribution in [0.4, 0.5) is 0 Å². The second-order valence-electron chi connectivity index (χ2n) is 7.83. The van der Waals surface area contributed by atoms with E-state index in [0.29, 0.717) is 24.7 Å². The van der Waals surface area contributed by atoms with Crippen molar-refractivity contribution in [3.8, 4) is 0 Å². The van der Waals surface area contributed by atoms with Crippen molar-refractivity contribution in [2.45, 2.75) is 31.8 Å². The number of carbonyl (C=O) groups excluding carboxylic acids is 1. The molecule has 1 fully saturated rings. The molecule has 0 saturated carbocycles. The number of aromatic nitrogens is 4. The summed E-state index contributed by atoms with van der Waals surface area (Å²) < 4.78 is 2.23. The molecule has 0 radical (unpaired) electrons. The molecule has 2 aliphatic heterocycles. The standard InChI is InChI=1S/C21H24N6O/c1-25-10-4-6-16(13-25)20-24-23-18-14-26(11-12-27(18)20)21(28)19-17-7-3-2-5-15(17)8-9-22-19/h2-3,5,7-9,16H,4,6,10-14H2,1H3/t16-/m1/s1. The third-order valence-electron chi connectivity index (χ3n) is 5.93. The molecule has 2 aliphatic rings. The molecule has 2 aromatic heterocycles. The maximum absolute atomic E-state index is 13.2. The Bertz CT molecular complexity index is 1020. The summed E-state index contributed by atoms with van der Waals surface area (Å²) in [6, 6.07) is 9.82. The topological polar surface area (TPSA) is 67.2 Å². The Labute approximate surface area is 164 Å². The lowest BCUT2D eigenvalue weighted by Crippen LogP contribution is -2.40. The zero-order valence-electron chi connectivity index (χ0n) is 16.1. The number of nitrogens with zero attached hydrogens (tertiary/aromatic N) is 6. The van der Waals surface area contributed by atoms with Gasteiger partial charge in [0, 0.05) is 37.1 Å². The van der Waals surface area contributed by atoms with Crippen LogP contribution < -0.4 is 0 Å². The third kappa shape index (κ3) is 2.96. The van der Waals surface area contributed by atoms with Gasteiger partial charge in [-0.05, 0) is 37.9 Å². The van der Waals surface area contributed by atoms with E-state index in [1.165, 1.54) is 6.42 Å². The van der Waals surface area contributed by atoms with E-state index in [4.69, 9.17) is 0 Å². The Balaban J connectivity index is 1.40. The van der Waals surface area contributed by atoms with Crippen LogP contribution in [0.2, 0.25) is 0 Å². The molecule has 7 nitrogen and oxygen atoms in total. The van der Waals surface area contributed by atoms with Gasteiger partial charge in [0.2, 0.25) is 0 Å². The van der Waals surface area contributed by atoms with Gasteiger partial charge in [0.1, 0.15) is 11.5 Å². The van der Waals surface area contributed by atoms with Crippen LogP contribution in [0.1, 0.15) is 40.9 Å². The molecule has 0 N–H and O–H groups in total. The summed E-state index contributed by atoms with van der Waals surface area (Å²) in [5, 5.41) is 10.9. The van der Waals surface area contributed by atoms with E-state index in [0.717, 1.165) is 48.5 Å². The summed E-state index contributed by atoms with van der Waals surface area (Å²) >= 11 is 0. The SMILES string of the molecule is CN1CCC[C@@H](c2nnc3n2CCN(C(=O)c2nccc4ccccc24)C3)C1. The van der Waals surface area contributed by atoms with Crippen molar-refractivity contribution >= 4 is 16.7 Å². The maximum Gasteiger partial charge on any atom is 0.273 e. The summed E-state index contributed by atoms with van der Waals surface area (Å²) in [5.74, 6) is 2.35. The molecular formula is C21H24N6O. The molecule has 5 rings (SSSR count). The molecule has 1 saturated heterocycles. The van der Waals surface area contributed by atoms with Gasteiger partial charge in [0.05, 0.1) is 6.54 Å². The largest absolute Gasteiger partial charge is 0.328 e. The molecule has 28 heavy (non-hydrogen) atoms. The van der Waals surface area contributed by atoms with Crippen LogP contribution in [-0.4, -0.2) is 62.1 Å². The van der Waals surface area contributed by atoms with Crippen molar-refractivity contribution in [3.05, 3.63) is 53.9 Å². The highest BCUT2D eigenvalue weighted by molar-refractivity contribution is 6.05. The van der Waals surface area contributed by atoms with Crippen LogP contribution in [-0.2, 0) is 13.1 Å². The van der Waals surface area contributed by atoms with Crippen LogP contribution in [0.3, 0.4) is 0 Å². The highest BCUT2D eigenvalue weighted by Crippen LogP contribution is 2.27. The number of hydrogen-bond acceptors (Lipinski definition) is 5. The monoisotopic (exact) mass is 376 g/mol. The molecular weight excluding hydrogens is 352 g/mol. The summed E-state index contributed by atoms with van der Waals surface area (Å²) in [5.41, 5.74) is 0.514. The van der Waals surface area contributed by atoms with Crippen molar-refractivity contribution in [2.24, 2.45) is 0 Å². The van der Waals surface area contributed by atoms with Gasteiger partial charge in [0.25, 0.3) is 5.91 Å². The van der Waals surface area contributed by atoms with Crippen molar-refractivity contribution in [3.63, 3.8) is 0 Å². The molecule has 0 bridgehead atoms. The number of rotatable bonds is 2. The molecule has 0 aliphatic carbocycles. The van der Waals surface area contributed by atoms with Crippen molar-refractivity contribution in [2.75, 3.05) is 26.7 Å². The fraction of sp³-hybridized carbons (Fsp3) is 0.429. The minimum Gasteiger partial charge on any atom is -0.328 e. The lowest BCUT2D eigenvalue weighted by molar-refractivity contribution is 0.0701. The molecule has 1 amide bonds. The lowest BCUT2D eigenvalue weighted by atomic mass is 9.97. The van der Waals surface area contributed by atoms with Crippen LogP contribution in [0.5, 0.6) is 0 Å². The number of likely N-dealkylation sites (N-methyl/N-ethyl adjacent to an activating group) is 1. The van der Waals surface area contributed by atoms with Crippen molar-refractivity contribution < 1.29 is 4.79 Å². The summed E-state index contributed by atoms with van der Waals surface area (Å²) in [6.45, 7) is 4.07. The second kappa shape index (κ2) is 6.98. The first-order valence-electron chi connectivity index (χ1n) is 9.94. The predicted octanol–water partition coefficient (Wildman–Crippen LogP) is 2.29. The number of pyridine rings is 1. The van der Waals surface area contributed by atoms with E-state index in [1.807, 2.05) is 35.2 Å². The van der Waals surface area contributed by atoms with Gasteiger partial charge < -0.3 is 14.4 Å². The third-order valence-corrected chi connectivity index (χ3v) is 5.93. The molecule has 7 heteroatoms. The zero-order chi connectivity index (χ0) is 19.1. The molecule has 3 aromatic rings. The van der Waals surface area contributed by atoms with E-state index in [9.17, 15) is 4.79 Å². The van der Waals surface area contributed by atoms with Crippen LogP contribution in [0.15, 0.2) is 36.5 Å². The average molecular weight is 376 g/mol. The van der Waals surface area contributed by atoms with Crippen LogP contribution in [0.25, 0.3) is 10.8 Å². The number of likely N-dealkylation sites (tertiary alicyclic amines) is 1. The Hall–Kier alpha value is -2.80. The highest BCUT2D eigenvalue weighted by Gasteiger charge is 2.30. The van der Waals surface area contributed by atoms with Gasteiger partial charge in [-0.15, -0.1) is 10.2 Å². The van der Waals surface area contributed by atoms with Gasteiger partial charge in [-0.2, -0.15) is 0 Å². The smallest absolute Gasteiger partial charge is 0.273 e. The molecule has 0 unspecified atom stereocenters. The Kier molecular flexibility index (Phi) is 4.31. The van der Waals surface area contributed by atoms with Gasteiger partial charge in [-0.3, -0.25) is 9.78 Å². The molecule has 1 atom stereocenters. The van der Waals surface area contributed by atoms with E-state index < -0.39 is 0 Å². The molecule has 0 spiro atoms. The number of fused-ring (bicyclic) bond motifs is 2. The number of amides is 1. The van der Waals surface area contributed by atoms with Crippen LogP contribution >= 0.6 is 0 Å².